The monoisotopic (exact) mass is 330 g/mol. The first-order chi connectivity index (χ1) is 9.51. The van der Waals surface area contributed by atoms with Crippen molar-refractivity contribution >= 4 is 29.2 Å². The lowest BCUT2D eigenvalue weighted by Crippen LogP contribution is -2.10. The third-order valence-corrected chi connectivity index (χ3v) is 4.38. The van der Waals surface area contributed by atoms with Crippen LogP contribution in [-0.4, -0.2) is 22.1 Å². The molecule has 0 N–H and O–H groups in total. The molecular formula is C16H16BBrO2. The molecule has 0 aromatic heterocycles. The van der Waals surface area contributed by atoms with E-state index in [1.807, 2.05) is 38.1 Å². The second-order valence-corrected chi connectivity index (χ2v) is 5.46. The Morgan fingerprint density at radius 3 is 1.90 bits per heavy atom. The third kappa shape index (κ3) is 2.45. The van der Waals surface area contributed by atoms with Crippen molar-refractivity contribution in [2.24, 2.45) is 0 Å². The van der Waals surface area contributed by atoms with E-state index < -0.39 is 0 Å². The molecule has 0 saturated carbocycles. The lowest BCUT2D eigenvalue weighted by molar-refractivity contribution is 0.410. The molecule has 0 spiro atoms. The lowest BCUT2D eigenvalue weighted by atomic mass is 9.84. The molecule has 0 heterocycles. The highest BCUT2D eigenvalue weighted by atomic mass is 79.9. The van der Waals surface area contributed by atoms with E-state index >= 15 is 0 Å². The first-order valence-electron chi connectivity index (χ1n) is 6.27. The Balaban J connectivity index is 2.87. The molecule has 2 nitrogen and oxygen atoms in total. The van der Waals surface area contributed by atoms with Gasteiger partial charge in [0.15, 0.2) is 0 Å². The summed E-state index contributed by atoms with van der Waals surface area (Å²) in [6.45, 7) is 4.04. The van der Waals surface area contributed by atoms with Crippen LogP contribution in [0.2, 0.25) is 0 Å². The molecular weight excluding hydrogens is 315 g/mol. The SMILES string of the molecule is [B]c1ccc(OC)c(-c2c(OC)ccc(Br)c2C)c1C. The van der Waals surface area contributed by atoms with E-state index in [0.29, 0.717) is 0 Å². The number of rotatable bonds is 3. The summed E-state index contributed by atoms with van der Waals surface area (Å²) in [4.78, 5) is 0. The normalized spacial score (nSPS) is 10.4. The molecule has 4 heteroatoms. The third-order valence-electron chi connectivity index (χ3n) is 3.52. The van der Waals surface area contributed by atoms with Crippen molar-refractivity contribution in [1.29, 1.82) is 0 Å². The molecule has 2 aromatic carbocycles. The highest BCUT2D eigenvalue weighted by molar-refractivity contribution is 9.10. The summed E-state index contributed by atoms with van der Waals surface area (Å²) in [5.41, 5.74) is 4.80. The molecule has 2 rings (SSSR count). The van der Waals surface area contributed by atoms with E-state index in [-0.39, 0.29) is 0 Å². The van der Waals surface area contributed by atoms with Crippen LogP contribution < -0.4 is 14.9 Å². The second-order valence-electron chi connectivity index (χ2n) is 4.61. The molecule has 2 radical (unpaired) electrons. The smallest absolute Gasteiger partial charge is 0.127 e. The van der Waals surface area contributed by atoms with Gasteiger partial charge in [0.25, 0.3) is 0 Å². The van der Waals surface area contributed by atoms with Crippen molar-refractivity contribution in [3.63, 3.8) is 0 Å². The van der Waals surface area contributed by atoms with Gasteiger partial charge in [0, 0.05) is 15.6 Å². The van der Waals surface area contributed by atoms with Crippen LogP contribution in [0.1, 0.15) is 11.1 Å². The van der Waals surface area contributed by atoms with Gasteiger partial charge >= 0.3 is 0 Å². The van der Waals surface area contributed by atoms with Crippen LogP contribution in [-0.2, 0) is 0 Å². The zero-order valence-corrected chi connectivity index (χ0v) is 13.7. The molecule has 0 bridgehead atoms. The Morgan fingerprint density at radius 2 is 1.35 bits per heavy atom. The maximum Gasteiger partial charge on any atom is 0.127 e. The quantitative estimate of drug-likeness (QED) is 0.801. The summed E-state index contributed by atoms with van der Waals surface area (Å²) >= 11 is 3.57. The first-order valence-corrected chi connectivity index (χ1v) is 7.07. The maximum atomic E-state index is 6.05. The van der Waals surface area contributed by atoms with E-state index in [9.17, 15) is 0 Å². The van der Waals surface area contributed by atoms with Gasteiger partial charge in [0.05, 0.1) is 14.2 Å². The summed E-state index contributed by atoms with van der Waals surface area (Å²) in [7, 11) is 9.38. The number of hydrogen-bond acceptors (Lipinski definition) is 2. The minimum Gasteiger partial charge on any atom is -0.496 e. The van der Waals surface area contributed by atoms with Gasteiger partial charge in [-0.15, -0.1) is 0 Å². The summed E-state index contributed by atoms with van der Waals surface area (Å²) in [5.74, 6) is 1.59. The van der Waals surface area contributed by atoms with Crippen LogP contribution >= 0.6 is 15.9 Å². The minimum atomic E-state index is 0.738. The molecule has 0 saturated heterocycles. The van der Waals surface area contributed by atoms with Gasteiger partial charge < -0.3 is 9.47 Å². The van der Waals surface area contributed by atoms with Crippen LogP contribution in [0.15, 0.2) is 28.7 Å². The Hall–Kier alpha value is -1.42. The zero-order chi connectivity index (χ0) is 14.9. The van der Waals surface area contributed by atoms with Crippen molar-refractivity contribution in [3.8, 4) is 22.6 Å². The van der Waals surface area contributed by atoms with Gasteiger partial charge in [-0.25, -0.2) is 0 Å². The highest BCUT2D eigenvalue weighted by Gasteiger charge is 2.18. The van der Waals surface area contributed by atoms with Gasteiger partial charge in [-0.05, 0) is 43.2 Å². The van der Waals surface area contributed by atoms with E-state index in [2.05, 4.69) is 15.9 Å². The predicted molar refractivity (Wildman–Crippen MR) is 87.5 cm³/mol. The van der Waals surface area contributed by atoms with Crippen LogP contribution in [0, 0.1) is 13.8 Å². The number of hydrogen-bond donors (Lipinski definition) is 0. The molecule has 102 valence electrons. The molecule has 2 aromatic rings. The average Bonchev–Trinajstić information content (AvgIpc) is 2.45. The number of benzene rings is 2. The average molecular weight is 331 g/mol. The molecule has 0 amide bonds. The number of ether oxygens (including phenoxy) is 2. The molecule has 0 atom stereocenters. The molecule has 0 unspecified atom stereocenters. The molecule has 0 fully saturated rings. The predicted octanol–water partition coefficient (Wildman–Crippen LogP) is 3.54. The number of halogens is 1. The fourth-order valence-electron chi connectivity index (χ4n) is 2.33. The van der Waals surface area contributed by atoms with Gasteiger partial charge in [-0.3, -0.25) is 0 Å². The van der Waals surface area contributed by atoms with E-state index in [1.165, 1.54) is 0 Å². The van der Waals surface area contributed by atoms with Crippen molar-refractivity contribution in [3.05, 3.63) is 39.9 Å². The zero-order valence-electron chi connectivity index (χ0n) is 12.1. The Labute approximate surface area is 129 Å². The Morgan fingerprint density at radius 1 is 0.850 bits per heavy atom. The van der Waals surface area contributed by atoms with Crippen LogP contribution in [0.25, 0.3) is 11.1 Å². The fourth-order valence-corrected chi connectivity index (χ4v) is 2.66. The summed E-state index contributed by atoms with van der Waals surface area (Å²) in [6.07, 6.45) is 0. The Bertz CT molecular complexity index is 596. The van der Waals surface area contributed by atoms with Crippen molar-refractivity contribution in [2.45, 2.75) is 13.8 Å². The highest BCUT2D eigenvalue weighted by Crippen LogP contribution is 2.42. The van der Waals surface area contributed by atoms with Gasteiger partial charge in [0.1, 0.15) is 19.3 Å². The van der Waals surface area contributed by atoms with E-state index in [0.717, 1.165) is 43.7 Å². The van der Waals surface area contributed by atoms with Crippen molar-refractivity contribution in [1.82, 2.24) is 0 Å². The largest absolute Gasteiger partial charge is 0.496 e. The topological polar surface area (TPSA) is 18.5 Å². The van der Waals surface area contributed by atoms with E-state index in [1.54, 1.807) is 14.2 Å². The molecule has 0 aliphatic carbocycles. The second kappa shape index (κ2) is 5.92. The van der Waals surface area contributed by atoms with Gasteiger partial charge in [-0.1, -0.05) is 27.5 Å². The summed E-state index contributed by atoms with van der Waals surface area (Å²) in [6, 6.07) is 7.66. The maximum absolute atomic E-state index is 6.05. The first kappa shape index (κ1) is 15.0. The fraction of sp³-hybridized carbons (Fsp3) is 0.250. The van der Waals surface area contributed by atoms with Gasteiger partial charge in [-0.2, -0.15) is 0 Å². The van der Waals surface area contributed by atoms with Crippen molar-refractivity contribution < 1.29 is 9.47 Å². The molecule has 20 heavy (non-hydrogen) atoms. The lowest BCUT2D eigenvalue weighted by Gasteiger charge is -2.19. The molecule has 0 aliphatic heterocycles. The Kier molecular flexibility index (Phi) is 4.43. The van der Waals surface area contributed by atoms with Crippen LogP contribution in [0.4, 0.5) is 0 Å². The standard InChI is InChI=1S/C16H16BBrO2/c1-9-11(17)5-7-13(19-3)15(9)16-10(2)12(18)6-8-14(16)20-4/h5-8H,1-4H3. The number of methoxy groups -OCH3 is 2. The minimum absolute atomic E-state index is 0.738. The summed E-state index contributed by atoms with van der Waals surface area (Å²) in [5, 5.41) is 0. The van der Waals surface area contributed by atoms with Crippen LogP contribution in [0.3, 0.4) is 0 Å². The molecule has 0 aliphatic rings. The van der Waals surface area contributed by atoms with Crippen molar-refractivity contribution in [2.75, 3.05) is 14.2 Å². The summed E-state index contributed by atoms with van der Waals surface area (Å²) < 4.78 is 12.0. The van der Waals surface area contributed by atoms with Gasteiger partial charge in [0.2, 0.25) is 0 Å². The van der Waals surface area contributed by atoms with Crippen LogP contribution in [0.5, 0.6) is 11.5 Å². The van der Waals surface area contributed by atoms with E-state index in [4.69, 9.17) is 17.3 Å².